The van der Waals surface area contributed by atoms with E-state index in [1.807, 2.05) is 11.3 Å². The fourth-order valence-corrected chi connectivity index (χ4v) is 12.3. The Balaban J connectivity index is 1.01. The zero-order valence-corrected chi connectivity index (χ0v) is 34.2. The first-order chi connectivity index (χ1) is 29.5. The Morgan fingerprint density at radius 1 is 0.333 bits per heavy atom. The molecule has 11 aromatic carbocycles. The molecule has 0 aliphatic heterocycles. The van der Waals surface area contributed by atoms with Crippen molar-refractivity contribution in [1.29, 1.82) is 0 Å². The molecule has 13 rings (SSSR count). The Bertz CT molecular complexity index is 3740. The summed E-state index contributed by atoms with van der Waals surface area (Å²) in [5.74, 6) is 0. The lowest BCUT2D eigenvalue weighted by Gasteiger charge is -2.23. The summed E-state index contributed by atoms with van der Waals surface area (Å²) in [5, 5.41) is 15.5. The molecule has 280 valence electrons. The Labute approximate surface area is 352 Å². The van der Waals surface area contributed by atoms with Gasteiger partial charge in [0.05, 0.1) is 0 Å². The van der Waals surface area contributed by atoms with E-state index in [1.165, 1.54) is 130 Å². The molecule has 0 radical (unpaired) electrons. The van der Waals surface area contributed by atoms with Gasteiger partial charge >= 0.3 is 0 Å². The van der Waals surface area contributed by atoms with E-state index >= 15 is 0 Å². The second kappa shape index (κ2) is 12.5. The van der Waals surface area contributed by atoms with Crippen LogP contribution in [0.3, 0.4) is 0 Å². The van der Waals surface area contributed by atoms with Crippen LogP contribution in [0.1, 0.15) is 25.0 Å². The van der Waals surface area contributed by atoms with Gasteiger partial charge < -0.3 is 0 Å². The molecule has 0 spiro atoms. The highest BCUT2D eigenvalue weighted by molar-refractivity contribution is 7.26. The Morgan fingerprint density at radius 2 is 0.833 bits per heavy atom. The fraction of sp³-hybridized carbons (Fsp3) is 0.0508. The van der Waals surface area contributed by atoms with Crippen molar-refractivity contribution in [3.05, 3.63) is 205 Å². The van der Waals surface area contributed by atoms with E-state index in [9.17, 15) is 0 Å². The number of thiophene rings is 1. The van der Waals surface area contributed by atoms with Crippen molar-refractivity contribution in [2.24, 2.45) is 0 Å². The van der Waals surface area contributed by atoms with Crippen LogP contribution in [0.25, 0.3) is 119 Å². The van der Waals surface area contributed by atoms with Gasteiger partial charge in [0.25, 0.3) is 0 Å². The van der Waals surface area contributed by atoms with Crippen molar-refractivity contribution in [3.63, 3.8) is 0 Å². The van der Waals surface area contributed by atoms with Gasteiger partial charge in [-0.2, -0.15) is 0 Å². The van der Waals surface area contributed by atoms with Gasteiger partial charge in [0, 0.05) is 31.2 Å². The second-order valence-corrected chi connectivity index (χ2v) is 18.1. The van der Waals surface area contributed by atoms with Crippen LogP contribution in [-0.4, -0.2) is 0 Å². The van der Waals surface area contributed by atoms with Crippen molar-refractivity contribution in [2.75, 3.05) is 0 Å². The highest BCUT2D eigenvalue weighted by Gasteiger charge is 2.38. The smallest absolute Gasteiger partial charge is 0.0437 e. The van der Waals surface area contributed by atoms with Crippen LogP contribution in [0.15, 0.2) is 194 Å². The second-order valence-electron chi connectivity index (χ2n) is 17.1. The van der Waals surface area contributed by atoms with Crippen LogP contribution in [0.4, 0.5) is 0 Å². The van der Waals surface area contributed by atoms with E-state index in [-0.39, 0.29) is 5.41 Å². The average molecular weight is 779 g/mol. The van der Waals surface area contributed by atoms with E-state index < -0.39 is 0 Å². The highest BCUT2D eigenvalue weighted by Crippen LogP contribution is 2.56. The van der Waals surface area contributed by atoms with Crippen LogP contribution >= 0.6 is 11.3 Å². The van der Waals surface area contributed by atoms with Crippen LogP contribution in [-0.2, 0) is 5.41 Å². The minimum Gasteiger partial charge on any atom is -0.134 e. The number of hydrogen-bond acceptors (Lipinski definition) is 1. The van der Waals surface area contributed by atoms with Gasteiger partial charge in [-0.25, -0.2) is 0 Å². The molecule has 1 heterocycles. The maximum Gasteiger partial charge on any atom is 0.0437 e. The van der Waals surface area contributed by atoms with Gasteiger partial charge in [0.2, 0.25) is 0 Å². The third-order valence-corrected chi connectivity index (χ3v) is 14.8. The predicted octanol–water partition coefficient (Wildman–Crippen LogP) is 17.1. The zero-order chi connectivity index (χ0) is 39.7. The molecule has 0 unspecified atom stereocenters. The monoisotopic (exact) mass is 778 g/mol. The van der Waals surface area contributed by atoms with Gasteiger partial charge in [-0.05, 0) is 110 Å². The van der Waals surface area contributed by atoms with Crippen LogP contribution in [0.2, 0.25) is 0 Å². The topological polar surface area (TPSA) is 0 Å². The first kappa shape index (κ1) is 33.9. The standard InChI is InChI=1S/C59H38S/c1-59(2)52-33-32-50-43-28-27-37(34-53(43)60-58(50)56(52)51-29-26-36-15-4-6-18-40(36)57(51)59)39-30-31-49(42-20-8-7-19-41(39)42)55-47-23-11-9-21-45(47)54(46-22-10-12-24-48(46)55)44-25-13-16-35-14-3-5-17-38(35)44/h3-34H,1-2H3. The maximum atomic E-state index is 2.44. The summed E-state index contributed by atoms with van der Waals surface area (Å²) in [6.07, 6.45) is 0. The molecule has 0 N–H and O–H groups in total. The van der Waals surface area contributed by atoms with Gasteiger partial charge in [-0.1, -0.05) is 202 Å². The lowest BCUT2D eigenvalue weighted by Crippen LogP contribution is -2.15. The number of fused-ring (bicyclic) bond motifs is 13. The molecule has 1 aromatic heterocycles. The molecule has 0 bridgehead atoms. The number of benzene rings is 11. The number of rotatable bonds is 3. The molecule has 1 aliphatic rings. The first-order valence-corrected chi connectivity index (χ1v) is 21.8. The lowest BCUT2D eigenvalue weighted by molar-refractivity contribution is 0.667. The summed E-state index contributed by atoms with van der Waals surface area (Å²) < 4.78 is 2.73. The molecule has 1 aliphatic carbocycles. The summed E-state index contributed by atoms with van der Waals surface area (Å²) in [5.41, 5.74) is 13.3. The molecule has 12 aromatic rings. The van der Waals surface area contributed by atoms with Crippen LogP contribution in [0.5, 0.6) is 0 Å². The Hall–Kier alpha value is -7.06. The quantitative estimate of drug-likeness (QED) is 0.157. The number of hydrogen-bond donors (Lipinski definition) is 0. The van der Waals surface area contributed by atoms with Crippen LogP contribution in [0, 0.1) is 0 Å². The molecule has 0 saturated carbocycles. The molecule has 0 amide bonds. The predicted molar refractivity (Wildman–Crippen MR) is 261 cm³/mol. The fourth-order valence-electron chi connectivity index (χ4n) is 11.0. The SMILES string of the molecule is CC1(C)c2ccc3c(sc4cc(-c5ccc(-c6c7ccccc7c(-c7cccc8ccccc78)c7ccccc67)c6ccccc56)ccc43)c2-c2ccc3ccccc3c21. The lowest BCUT2D eigenvalue weighted by atomic mass is 9.80. The average Bonchev–Trinajstić information content (AvgIpc) is 3.79. The first-order valence-electron chi connectivity index (χ1n) is 21.0. The van der Waals surface area contributed by atoms with E-state index in [0.29, 0.717) is 0 Å². The minimum atomic E-state index is -0.0748. The van der Waals surface area contributed by atoms with Crippen molar-refractivity contribution in [2.45, 2.75) is 19.3 Å². The summed E-state index contributed by atoms with van der Waals surface area (Å²) >= 11 is 1.95. The van der Waals surface area contributed by atoms with Crippen LogP contribution < -0.4 is 0 Å². The van der Waals surface area contributed by atoms with E-state index in [1.54, 1.807) is 0 Å². The third-order valence-electron chi connectivity index (χ3n) is 13.6. The third kappa shape index (κ3) is 4.61. The Kier molecular flexibility index (Phi) is 7.04. The van der Waals surface area contributed by atoms with Gasteiger partial charge in [0.1, 0.15) is 0 Å². The van der Waals surface area contributed by atoms with Crippen molar-refractivity contribution < 1.29 is 0 Å². The summed E-state index contributed by atoms with van der Waals surface area (Å²) in [4.78, 5) is 0. The zero-order valence-electron chi connectivity index (χ0n) is 33.4. The van der Waals surface area contributed by atoms with E-state index in [2.05, 4.69) is 208 Å². The highest BCUT2D eigenvalue weighted by atomic mass is 32.1. The van der Waals surface area contributed by atoms with Crippen molar-refractivity contribution in [3.8, 4) is 44.5 Å². The van der Waals surface area contributed by atoms with Gasteiger partial charge in [-0.3, -0.25) is 0 Å². The molecule has 60 heavy (non-hydrogen) atoms. The van der Waals surface area contributed by atoms with Crippen molar-refractivity contribution in [1.82, 2.24) is 0 Å². The summed E-state index contributed by atoms with van der Waals surface area (Å²) in [6.45, 7) is 4.81. The Morgan fingerprint density at radius 3 is 1.52 bits per heavy atom. The van der Waals surface area contributed by atoms with Crippen molar-refractivity contribution >= 4 is 85.4 Å². The molecule has 0 nitrogen and oxygen atoms in total. The molecule has 1 heteroatoms. The maximum absolute atomic E-state index is 2.44. The molecule has 0 fully saturated rings. The van der Waals surface area contributed by atoms with E-state index in [4.69, 9.17) is 0 Å². The molecular formula is C59H38S. The van der Waals surface area contributed by atoms with Gasteiger partial charge in [0.15, 0.2) is 0 Å². The summed E-state index contributed by atoms with van der Waals surface area (Å²) in [6, 6.07) is 72.8. The molecular weight excluding hydrogens is 741 g/mol. The van der Waals surface area contributed by atoms with Gasteiger partial charge in [-0.15, -0.1) is 11.3 Å². The largest absolute Gasteiger partial charge is 0.134 e. The normalized spacial score (nSPS) is 13.3. The summed E-state index contributed by atoms with van der Waals surface area (Å²) in [7, 11) is 0. The minimum absolute atomic E-state index is 0.0748. The van der Waals surface area contributed by atoms with E-state index in [0.717, 1.165) is 0 Å². The molecule has 0 atom stereocenters. The molecule has 0 saturated heterocycles.